The number of anilines is 1. The molecule has 5 rings (SSSR count). The first-order valence-corrected chi connectivity index (χ1v) is 17.1. The van der Waals surface area contributed by atoms with E-state index < -0.39 is 5.72 Å². The Morgan fingerprint density at radius 1 is 0.690 bits per heavy atom. The molecule has 2 aromatic carbocycles. The number of hydrogen-bond acceptors (Lipinski definition) is 4. The molecule has 4 heteroatoms. The Hall–Kier alpha value is -2.88. The topological polar surface area (TPSA) is 37.7 Å². The van der Waals surface area contributed by atoms with Crippen molar-refractivity contribution in [2.24, 2.45) is 4.99 Å². The van der Waals surface area contributed by atoms with E-state index in [-0.39, 0.29) is 5.41 Å². The summed E-state index contributed by atoms with van der Waals surface area (Å²) in [6, 6.07) is 17.0. The van der Waals surface area contributed by atoms with Crippen molar-refractivity contribution in [1.29, 1.82) is 0 Å². The van der Waals surface area contributed by atoms with Crippen LogP contribution in [0.25, 0.3) is 10.9 Å². The molecular formula is C38H53N3O. The zero-order valence-electron chi connectivity index (χ0n) is 26.5. The Morgan fingerprint density at radius 3 is 1.98 bits per heavy atom. The number of ether oxygens (including phenoxy) is 1. The number of unbranched alkanes of at least 4 members (excludes halogenated alkanes) is 15. The van der Waals surface area contributed by atoms with Crippen LogP contribution in [0.1, 0.15) is 129 Å². The number of nitrogens with zero attached hydrogens (tertiary/aromatic N) is 3. The summed E-state index contributed by atoms with van der Waals surface area (Å²) < 4.78 is 7.03. The Bertz CT molecular complexity index is 1310. The molecule has 226 valence electrons. The van der Waals surface area contributed by atoms with Crippen molar-refractivity contribution in [1.82, 2.24) is 4.98 Å². The van der Waals surface area contributed by atoms with Crippen LogP contribution in [-0.4, -0.2) is 23.5 Å². The molecule has 0 unspecified atom stereocenters. The van der Waals surface area contributed by atoms with E-state index in [1.54, 1.807) is 0 Å². The third-order valence-corrected chi connectivity index (χ3v) is 9.75. The number of hydrogen-bond donors (Lipinski definition) is 0. The van der Waals surface area contributed by atoms with Gasteiger partial charge in [-0.1, -0.05) is 121 Å². The number of pyridine rings is 1. The average molecular weight is 568 g/mol. The molecule has 0 saturated heterocycles. The molecule has 0 aliphatic carbocycles. The van der Waals surface area contributed by atoms with Gasteiger partial charge in [-0.25, -0.2) is 0 Å². The van der Waals surface area contributed by atoms with Crippen molar-refractivity contribution in [3.63, 3.8) is 0 Å². The van der Waals surface area contributed by atoms with E-state index in [4.69, 9.17) is 9.73 Å². The van der Waals surface area contributed by atoms with Gasteiger partial charge in [0.25, 0.3) is 0 Å². The summed E-state index contributed by atoms with van der Waals surface area (Å²) in [6.45, 7) is 7.87. The van der Waals surface area contributed by atoms with Crippen LogP contribution < -0.4 is 9.64 Å². The monoisotopic (exact) mass is 567 g/mol. The molecule has 3 aromatic rings. The fourth-order valence-electron chi connectivity index (χ4n) is 7.14. The van der Waals surface area contributed by atoms with Crippen molar-refractivity contribution in [3.8, 4) is 5.75 Å². The number of aliphatic imine (C=N–C) groups is 1. The molecule has 2 aliphatic rings. The number of fused-ring (bicyclic) bond motifs is 4. The van der Waals surface area contributed by atoms with Crippen LogP contribution in [0.3, 0.4) is 0 Å². The van der Waals surface area contributed by atoms with E-state index in [1.165, 1.54) is 108 Å². The second kappa shape index (κ2) is 14.5. The predicted octanol–water partition coefficient (Wildman–Crippen LogP) is 11.1. The second-order valence-electron chi connectivity index (χ2n) is 13.1. The summed E-state index contributed by atoms with van der Waals surface area (Å²) >= 11 is 0. The second-order valence-corrected chi connectivity index (χ2v) is 13.1. The fraction of sp³-hybridized carbons (Fsp3) is 0.579. The van der Waals surface area contributed by atoms with Gasteiger partial charge in [0.05, 0.1) is 17.1 Å². The summed E-state index contributed by atoms with van der Waals surface area (Å²) in [6.07, 6.45) is 26.1. The minimum atomic E-state index is -0.644. The summed E-state index contributed by atoms with van der Waals surface area (Å²) in [5.74, 6) is 0.843. The molecule has 3 heterocycles. The zero-order chi connectivity index (χ0) is 29.3. The van der Waals surface area contributed by atoms with Gasteiger partial charge in [0.1, 0.15) is 11.4 Å². The maximum Gasteiger partial charge on any atom is 0.228 e. The quantitative estimate of drug-likeness (QED) is 0.152. The summed E-state index contributed by atoms with van der Waals surface area (Å²) in [5.41, 5.74) is 3.56. The first kappa shape index (κ1) is 30.6. The number of para-hydroxylation sites is 1. The lowest BCUT2D eigenvalue weighted by Crippen LogP contribution is -2.62. The molecule has 0 saturated carbocycles. The molecule has 0 N–H and O–H groups in total. The van der Waals surface area contributed by atoms with Crippen LogP contribution >= 0.6 is 0 Å². The van der Waals surface area contributed by atoms with Crippen molar-refractivity contribution < 1.29 is 4.74 Å². The minimum Gasteiger partial charge on any atom is -0.459 e. The highest BCUT2D eigenvalue weighted by Crippen LogP contribution is 2.54. The van der Waals surface area contributed by atoms with Gasteiger partial charge in [-0.2, -0.15) is 0 Å². The fourth-order valence-corrected chi connectivity index (χ4v) is 7.14. The molecule has 0 fully saturated rings. The maximum absolute atomic E-state index is 7.03. The van der Waals surface area contributed by atoms with Crippen molar-refractivity contribution in [3.05, 3.63) is 60.3 Å². The smallest absolute Gasteiger partial charge is 0.228 e. The van der Waals surface area contributed by atoms with Crippen LogP contribution in [0.4, 0.5) is 11.4 Å². The molecule has 1 spiro atoms. The van der Waals surface area contributed by atoms with Gasteiger partial charge in [0.15, 0.2) is 0 Å². The lowest BCUT2D eigenvalue weighted by atomic mass is 9.77. The maximum atomic E-state index is 7.03. The summed E-state index contributed by atoms with van der Waals surface area (Å²) in [7, 11) is 0. The van der Waals surface area contributed by atoms with Crippen LogP contribution in [0.5, 0.6) is 5.75 Å². The van der Waals surface area contributed by atoms with Crippen LogP contribution in [0.15, 0.2) is 59.7 Å². The molecule has 0 amide bonds. The van der Waals surface area contributed by atoms with Gasteiger partial charge in [-0.15, -0.1) is 0 Å². The van der Waals surface area contributed by atoms with Gasteiger partial charge in [-0.3, -0.25) is 9.98 Å². The van der Waals surface area contributed by atoms with Crippen LogP contribution in [-0.2, 0) is 5.41 Å². The zero-order valence-corrected chi connectivity index (χ0v) is 26.5. The summed E-state index contributed by atoms with van der Waals surface area (Å²) in [4.78, 5) is 12.1. The largest absolute Gasteiger partial charge is 0.459 e. The number of aromatic nitrogens is 1. The average Bonchev–Trinajstić information content (AvgIpc) is 3.19. The molecule has 0 bridgehead atoms. The number of rotatable bonds is 17. The van der Waals surface area contributed by atoms with E-state index in [2.05, 4.69) is 79.3 Å². The Labute approximate surface area is 255 Å². The van der Waals surface area contributed by atoms with Crippen LogP contribution in [0.2, 0.25) is 0 Å². The highest BCUT2D eigenvalue weighted by atomic mass is 16.5. The molecule has 4 nitrogen and oxygen atoms in total. The van der Waals surface area contributed by atoms with Gasteiger partial charge in [0.2, 0.25) is 5.72 Å². The standard InChI is InChI=1S/C38H53N3O/c1-4-5-6-7-8-9-10-11-12-13-14-15-16-17-18-21-29-41-34-25-20-19-24-32(34)37(2,3)38(41)30-40-36-31-23-22-28-39-33(31)26-27-35(36)42-38/h19-20,22-28,30H,4-18,21,29H2,1-3H3/t38-/m0/s1. The van der Waals surface area contributed by atoms with Gasteiger partial charge in [-0.05, 0) is 56.2 Å². The van der Waals surface area contributed by atoms with E-state index in [1.807, 2.05) is 12.3 Å². The Morgan fingerprint density at radius 2 is 1.31 bits per heavy atom. The van der Waals surface area contributed by atoms with Crippen molar-refractivity contribution >= 4 is 28.5 Å². The Balaban J connectivity index is 1.10. The molecule has 1 atom stereocenters. The summed E-state index contributed by atoms with van der Waals surface area (Å²) in [5, 5.41) is 1.04. The first-order valence-electron chi connectivity index (χ1n) is 17.1. The molecular weight excluding hydrogens is 514 g/mol. The van der Waals surface area contributed by atoms with Crippen molar-refractivity contribution in [2.45, 2.75) is 135 Å². The normalized spacial score (nSPS) is 18.4. The number of benzene rings is 2. The lowest BCUT2D eigenvalue weighted by Gasteiger charge is -2.46. The third kappa shape index (κ3) is 6.53. The molecule has 1 aromatic heterocycles. The highest BCUT2D eigenvalue weighted by molar-refractivity contribution is 5.98. The van der Waals surface area contributed by atoms with Crippen molar-refractivity contribution in [2.75, 3.05) is 11.4 Å². The Kier molecular flexibility index (Phi) is 10.6. The first-order chi connectivity index (χ1) is 20.6. The third-order valence-electron chi connectivity index (χ3n) is 9.75. The molecule has 0 radical (unpaired) electrons. The van der Waals surface area contributed by atoms with E-state index in [0.717, 1.165) is 35.3 Å². The van der Waals surface area contributed by atoms with Crippen LogP contribution in [0, 0.1) is 0 Å². The molecule has 2 aliphatic heterocycles. The van der Waals surface area contributed by atoms with E-state index in [9.17, 15) is 0 Å². The minimum absolute atomic E-state index is 0.246. The predicted molar refractivity (Wildman–Crippen MR) is 180 cm³/mol. The van der Waals surface area contributed by atoms with E-state index in [0.29, 0.717) is 0 Å². The SMILES string of the molecule is CCCCCCCCCCCCCCCCCCN1c2ccccc2C(C)(C)[C@@]12C=Nc1c(ccc3ncccc13)O2. The van der Waals surface area contributed by atoms with Gasteiger partial charge < -0.3 is 9.64 Å². The van der Waals surface area contributed by atoms with E-state index >= 15 is 0 Å². The highest BCUT2D eigenvalue weighted by Gasteiger charge is 2.59. The van der Waals surface area contributed by atoms with Gasteiger partial charge >= 0.3 is 0 Å². The molecule has 42 heavy (non-hydrogen) atoms. The van der Waals surface area contributed by atoms with Gasteiger partial charge in [0, 0.05) is 23.8 Å². The lowest BCUT2D eigenvalue weighted by molar-refractivity contribution is 0.0774.